The summed E-state index contributed by atoms with van der Waals surface area (Å²) in [6, 6.07) is 3.99. The first-order valence-corrected chi connectivity index (χ1v) is 7.34. The summed E-state index contributed by atoms with van der Waals surface area (Å²) in [5, 5.41) is 13.6. The van der Waals surface area contributed by atoms with E-state index in [1.54, 1.807) is 6.07 Å². The summed E-state index contributed by atoms with van der Waals surface area (Å²) >= 11 is 0. The second kappa shape index (κ2) is 6.27. The van der Waals surface area contributed by atoms with E-state index in [4.69, 9.17) is 5.73 Å². The van der Waals surface area contributed by atoms with Gasteiger partial charge in [0.2, 0.25) is 5.91 Å². The number of amides is 1. The van der Waals surface area contributed by atoms with Crippen molar-refractivity contribution in [3.05, 3.63) is 28.8 Å². The zero-order valence-corrected chi connectivity index (χ0v) is 12.3. The van der Waals surface area contributed by atoms with Crippen LogP contribution in [-0.4, -0.2) is 17.6 Å². The van der Waals surface area contributed by atoms with Gasteiger partial charge in [-0.2, -0.15) is 0 Å². The molecule has 4 heteroatoms. The predicted molar refractivity (Wildman–Crippen MR) is 79.7 cm³/mol. The predicted octanol–water partition coefficient (Wildman–Crippen LogP) is 2.49. The number of primary amides is 1. The van der Waals surface area contributed by atoms with E-state index in [0.717, 1.165) is 31.4 Å². The van der Waals surface area contributed by atoms with Gasteiger partial charge in [0, 0.05) is 18.0 Å². The van der Waals surface area contributed by atoms with Crippen LogP contribution in [-0.2, 0) is 4.79 Å². The van der Waals surface area contributed by atoms with Crippen molar-refractivity contribution < 1.29 is 9.90 Å². The van der Waals surface area contributed by atoms with Crippen LogP contribution < -0.4 is 11.1 Å². The Morgan fingerprint density at radius 1 is 1.40 bits per heavy atom. The third-order valence-corrected chi connectivity index (χ3v) is 4.15. The molecule has 110 valence electrons. The van der Waals surface area contributed by atoms with Crippen LogP contribution in [0.4, 0.5) is 0 Å². The van der Waals surface area contributed by atoms with E-state index in [2.05, 4.69) is 19.2 Å². The molecule has 0 radical (unpaired) electrons. The second-order valence-corrected chi connectivity index (χ2v) is 5.80. The zero-order valence-electron chi connectivity index (χ0n) is 12.3. The highest BCUT2D eigenvalue weighted by Gasteiger charge is 2.31. The Morgan fingerprint density at radius 3 is 2.85 bits per heavy atom. The highest BCUT2D eigenvalue weighted by atomic mass is 16.3. The summed E-state index contributed by atoms with van der Waals surface area (Å²) in [5.74, 6) is 0.628. The molecule has 0 heterocycles. The van der Waals surface area contributed by atoms with Crippen molar-refractivity contribution in [2.24, 2.45) is 5.73 Å². The molecule has 2 rings (SSSR count). The van der Waals surface area contributed by atoms with E-state index >= 15 is 0 Å². The van der Waals surface area contributed by atoms with Gasteiger partial charge in [-0.1, -0.05) is 13.0 Å². The molecule has 0 saturated carbocycles. The molecule has 0 spiro atoms. The first-order chi connectivity index (χ1) is 9.50. The van der Waals surface area contributed by atoms with Crippen LogP contribution in [0.15, 0.2) is 12.1 Å². The minimum absolute atomic E-state index is 0.216. The molecule has 2 unspecified atom stereocenters. The number of phenols is 1. The molecule has 1 aromatic rings. The molecule has 1 aliphatic carbocycles. The molecule has 1 aliphatic rings. The number of carbonyl (C=O) groups excluding carboxylic acids is 1. The number of aromatic hydroxyl groups is 1. The third kappa shape index (κ3) is 3.12. The smallest absolute Gasteiger partial charge is 0.217 e. The van der Waals surface area contributed by atoms with Gasteiger partial charge in [0.25, 0.3) is 0 Å². The lowest BCUT2D eigenvalue weighted by molar-refractivity contribution is -0.118. The van der Waals surface area contributed by atoms with E-state index in [1.807, 2.05) is 6.07 Å². The Labute approximate surface area is 120 Å². The molecule has 4 nitrogen and oxygen atoms in total. The lowest BCUT2D eigenvalue weighted by atomic mass is 9.97. The number of aryl methyl sites for hydroxylation is 1. The van der Waals surface area contributed by atoms with Crippen LogP contribution in [0.5, 0.6) is 5.75 Å². The molecule has 0 saturated heterocycles. The molecule has 0 aliphatic heterocycles. The van der Waals surface area contributed by atoms with Crippen molar-refractivity contribution in [3.8, 4) is 5.75 Å². The summed E-state index contributed by atoms with van der Waals surface area (Å²) < 4.78 is 0. The number of phenolic OH excluding ortho intramolecular Hbond substituents is 1. The van der Waals surface area contributed by atoms with Gasteiger partial charge in [0.1, 0.15) is 5.75 Å². The largest absolute Gasteiger partial charge is 0.508 e. The number of carbonyl (C=O) groups is 1. The molecule has 20 heavy (non-hydrogen) atoms. The van der Waals surface area contributed by atoms with Gasteiger partial charge < -0.3 is 16.2 Å². The fraction of sp³-hybridized carbons (Fsp3) is 0.562. The Bertz CT molecular complexity index is 499. The van der Waals surface area contributed by atoms with E-state index in [9.17, 15) is 9.90 Å². The molecular weight excluding hydrogens is 252 g/mol. The van der Waals surface area contributed by atoms with Crippen molar-refractivity contribution in [1.82, 2.24) is 5.32 Å². The molecular formula is C16H24N2O2. The summed E-state index contributed by atoms with van der Waals surface area (Å²) in [6.45, 7) is 5.15. The lowest BCUT2D eigenvalue weighted by Crippen LogP contribution is -2.21. The SMILES string of the molecule is Cc1ccc(O)c2c1C(C)CC2NCCCCC(N)=O. The van der Waals surface area contributed by atoms with Crippen LogP contribution in [0.25, 0.3) is 0 Å². The molecule has 1 aromatic carbocycles. The molecule has 1 amide bonds. The minimum Gasteiger partial charge on any atom is -0.508 e. The number of nitrogens with two attached hydrogens (primary N) is 1. The van der Waals surface area contributed by atoms with Crippen molar-refractivity contribution in [1.29, 1.82) is 0 Å². The van der Waals surface area contributed by atoms with Crippen LogP contribution in [0.2, 0.25) is 0 Å². The Hall–Kier alpha value is -1.55. The van der Waals surface area contributed by atoms with E-state index < -0.39 is 0 Å². The van der Waals surface area contributed by atoms with Gasteiger partial charge >= 0.3 is 0 Å². The summed E-state index contributed by atoms with van der Waals surface area (Å²) in [5.41, 5.74) is 8.73. The first-order valence-electron chi connectivity index (χ1n) is 7.34. The number of fused-ring (bicyclic) bond motifs is 1. The number of rotatable bonds is 6. The summed E-state index contributed by atoms with van der Waals surface area (Å²) in [4.78, 5) is 10.7. The number of hydrogen-bond donors (Lipinski definition) is 3. The molecule has 2 atom stereocenters. The fourth-order valence-corrected chi connectivity index (χ4v) is 3.23. The maximum atomic E-state index is 10.7. The van der Waals surface area contributed by atoms with Crippen molar-refractivity contribution >= 4 is 5.91 Å². The van der Waals surface area contributed by atoms with E-state index in [0.29, 0.717) is 18.1 Å². The van der Waals surface area contributed by atoms with Crippen LogP contribution in [0, 0.1) is 6.92 Å². The number of unbranched alkanes of at least 4 members (excludes halogenated alkanes) is 1. The second-order valence-electron chi connectivity index (χ2n) is 5.80. The maximum absolute atomic E-state index is 10.7. The van der Waals surface area contributed by atoms with Gasteiger partial charge in [-0.05, 0) is 55.8 Å². The molecule has 0 bridgehead atoms. The number of nitrogens with one attached hydrogen (secondary N) is 1. The zero-order chi connectivity index (χ0) is 14.7. The minimum atomic E-state index is -0.238. The van der Waals surface area contributed by atoms with Crippen molar-refractivity contribution in [2.45, 2.75) is 51.5 Å². The van der Waals surface area contributed by atoms with Gasteiger partial charge in [0.05, 0.1) is 0 Å². The maximum Gasteiger partial charge on any atom is 0.217 e. The molecule has 0 fully saturated rings. The van der Waals surface area contributed by atoms with E-state index in [1.165, 1.54) is 11.1 Å². The average Bonchev–Trinajstić information content (AvgIpc) is 2.71. The standard InChI is InChI=1S/C16H24N2O2/c1-10-6-7-13(19)16-12(9-11(2)15(10)16)18-8-4-3-5-14(17)20/h6-7,11-12,18-19H,3-5,8-9H2,1-2H3,(H2,17,20). The van der Waals surface area contributed by atoms with Gasteiger partial charge in [-0.3, -0.25) is 4.79 Å². The third-order valence-electron chi connectivity index (χ3n) is 4.15. The van der Waals surface area contributed by atoms with Crippen molar-refractivity contribution in [2.75, 3.05) is 6.54 Å². The van der Waals surface area contributed by atoms with Crippen LogP contribution >= 0.6 is 0 Å². The monoisotopic (exact) mass is 276 g/mol. The number of benzene rings is 1. The highest BCUT2D eigenvalue weighted by molar-refractivity contribution is 5.73. The lowest BCUT2D eigenvalue weighted by Gasteiger charge is -2.15. The normalized spacial score (nSPS) is 20.9. The molecule has 0 aromatic heterocycles. The van der Waals surface area contributed by atoms with Crippen LogP contribution in [0.3, 0.4) is 0 Å². The van der Waals surface area contributed by atoms with E-state index in [-0.39, 0.29) is 11.9 Å². The quantitative estimate of drug-likeness (QED) is 0.699. The highest BCUT2D eigenvalue weighted by Crippen LogP contribution is 2.45. The average molecular weight is 276 g/mol. The topological polar surface area (TPSA) is 75.3 Å². The Morgan fingerprint density at radius 2 is 2.15 bits per heavy atom. The fourth-order valence-electron chi connectivity index (χ4n) is 3.23. The van der Waals surface area contributed by atoms with Crippen LogP contribution in [0.1, 0.15) is 61.3 Å². The van der Waals surface area contributed by atoms with Gasteiger partial charge in [-0.25, -0.2) is 0 Å². The number of hydrogen-bond acceptors (Lipinski definition) is 3. The van der Waals surface area contributed by atoms with Crippen molar-refractivity contribution in [3.63, 3.8) is 0 Å². The summed E-state index contributed by atoms with van der Waals surface area (Å²) in [7, 11) is 0. The molecule has 4 N–H and O–H groups in total. The van der Waals surface area contributed by atoms with Gasteiger partial charge in [0.15, 0.2) is 0 Å². The Balaban J connectivity index is 1.96. The summed E-state index contributed by atoms with van der Waals surface area (Å²) in [6.07, 6.45) is 3.21. The van der Waals surface area contributed by atoms with Gasteiger partial charge in [-0.15, -0.1) is 0 Å². The Kier molecular flexibility index (Phi) is 4.65. The first kappa shape index (κ1) is 14.9.